The Bertz CT molecular complexity index is 893. The zero-order chi connectivity index (χ0) is 16.4. The van der Waals surface area contributed by atoms with Crippen LogP contribution in [0.25, 0.3) is 22.2 Å². The number of benzene rings is 2. The van der Waals surface area contributed by atoms with E-state index in [2.05, 4.69) is 4.98 Å². The van der Waals surface area contributed by atoms with Crippen LogP contribution in [-0.2, 0) is 0 Å². The Hall–Kier alpha value is -1.24. The van der Waals surface area contributed by atoms with Crippen molar-refractivity contribution < 1.29 is 66.0 Å². The Morgan fingerprint density at radius 1 is 1.17 bits per heavy atom. The van der Waals surface area contributed by atoms with Gasteiger partial charge in [0.25, 0.3) is 0 Å². The monoisotopic (exact) mass is 345 g/mol. The maximum absolute atomic E-state index is 11.5. The van der Waals surface area contributed by atoms with Gasteiger partial charge in [0.05, 0.1) is 23.8 Å². The summed E-state index contributed by atoms with van der Waals surface area (Å²) in [6, 6.07) is 14.5. The Balaban J connectivity index is 0.00000208. The van der Waals surface area contributed by atoms with Crippen molar-refractivity contribution in [2.45, 2.75) is 13.8 Å². The predicted octanol–water partition coefficient (Wildman–Crippen LogP) is -0.0236. The van der Waals surface area contributed by atoms with Crippen LogP contribution in [0.2, 0.25) is 0 Å². The average molecular weight is 345 g/mol. The summed E-state index contributed by atoms with van der Waals surface area (Å²) in [4.78, 5) is 16.2. The number of aromatic nitrogens is 1. The molecule has 2 aromatic carbocycles. The molecule has 1 heterocycles. The first kappa shape index (κ1) is 19.1. The van der Waals surface area contributed by atoms with Crippen LogP contribution in [0.5, 0.6) is 5.75 Å². The average Bonchev–Trinajstić information content (AvgIpc) is 2.55. The second kappa shape index (κ2) is 8.23. The van der Waals surface area contributed by atoms with Crippen LogP contribution in [0.3, 0.4) is 0 Å². The number of carboxylic acid groups (broad SMARTS) is 1. The smallest absolute Gasteiger partial charge is 0.545 e. The summed E-state index contributed by atoms with van der Waals surface area (Å²) < 4.78 is 5.50. The van der Waals surface area contributed by atoms with Gasteiger partial charge in [-0.15, -0.1) is 0 Å². The van der Waals surface area contributed by atoms with E-state index in [4.69, 9.17) is 4.74 Å². The van der Waals surface area contributed by atoms with Gasteiger partial charge in [-0.05, 0) is 37.6 Å². The number of fused-ring (bicyclic) bond motifs is 1. The fourth-order valence-corrected chi connectivity index (χ4v) is 2.62. The number of aromatic carboxylic acids is 1. The van der Waals surface area contributed by atoms with E-state index in [0.29, 0.717) is 23.2 Å². The molecule has 3 rings (SSSR count). The number of para-hydroxylation sites is 1. The number of carbonyl (C=O) groups is 1. The number of nitrogens with zero attached hydrogens (tertiary/aromatic N) is 1. The van der Waals surface area contributed by atoms with Crippen molar-refractivity contribution in [1.29, 1.82) is 0 Å². The number of carbonyl (C=O) groups excluding carboxylic acids is 1. The first-order valence-corrected chi connectivity index (χ1v) is 7.45. The zero-order valence-electron chi connectivity index (χ0n) is 14.0. The van der Waals surface area contributed by atoms with E-state index in [0.717, 1.165) is 16.9 Å². The van der Waals surface area contributed by atoms with Gasteiger partial charge >= 0.3 is 51.4 Å². The molecule has 0 radical (unpaired) electrons. The van der Waals surface area contributed by atoms with E-state index in [-0.39, 0.29) is 56.9 Å². The molecule has 4 nitrogen and oxygen atoms in total. The van der Waals surface area contributed by atoms with Crippen molar-refractivity contribution in [2.24, 2.45) is 0 Å². The molecule has 0 aliphatic heterocycles. The number of ether oxygens (including phenoxy) is 1. The summed E-state index contributed by atoms with van der Waals surface area (Å²) in [7, 11) is 0. The number of aryl methyl sites for hydroxylation is 1. The summed E-state index contributed by atoms with van der Waals surface area (Å²) in [6.07, 6.45) is 0. The Morgan fingerprint density at radius 2 is 1.92 bits per heavy atom. The van der Waals surface area contributed by atoms with E-state index >= 15 is 0 Å². The van der Waals surface area contributed by atoms with Crippen LogP contribution >= 0.6 is 0 Å². The summed E-state index contributed by atoms with van der Waals surface area (Å²) in [5.74, 6) is -0.475. The van der Waals surface area contributed by atoms with Gasteiger partial charge in [0.2, 0.25) is 0 Å². The molecule has 5 heteroatoms. The fraction of sp³-hybridized carbons (Fsp3) is 0.158. The van der Waals surface area contributed by atoms with Gasteiger partial charge in [-0.1, -0.05) is 30.3 Å². The van der Waals surface area contributed by atoms with Gasteiger partial charge in [-0.25, -0.2) is 4.98 Å². The van der Waals surface area contributed by atoms with E-state index in [1.54, 1.807) is 12.1 Å². The Morgan fingerprint density at radius 3 is 2.62 bits per heavy atom. The zero-order valence-corrected chi connectivity index (χ0v) is 17.1. The molecule has 0 unspecified atom stereocenters. The molecule has 0 aliphatic rings. The molecule has 0 N–H and O–H groups in total. The predicted molar refractivity (Wildman–Crippen MR) is 87.4 cm³/mol. The summed E-state index contributed by atoms with van der Waals surface area (Å²) in [5, 5.41) is 12.1. The quantitative estimate of drug-likeness (QED) is 0.624. The second-order valence-electron chi connectivity index (χ2n) is 5.27. The molecule has 24 heavy (non-hydrogen) atoms. The molecule has 0 bridgehead atoms. The third-order valence-electron chi connectivity index (χ3n) is 3.70. The van der Waals surface area contributed by atoms with E-state index < -0.39 is 5.97 Å². The largest absolute Gasteiger partial charge is 1.00 e. The first-order chi connectivity index (χ1) is 11.1. The summed E-state index contributed by atoms with van der Waals surface area (Å²) in [5.41, 5.74) is 3.14. The molecular weight excluding hydrogens is 329 g/mol. The number of carboxylic acids is 1. The van der Waals surface area contributed by atoms with Crippen LogP contribution in [0.4, 0.5) is 0 Å². The van der Waals surface area contributed by atoms with Crippen LogP contribution in [0.15, 0.2) is 48.5 Å². The van der Waals surface area contributed by atoms with Crippen LogP contribution in [0, 0.1) is 6.92 Å². The fourth-order valence-electron chi connectivity index (χ4n) is 2.62. The van der Waals surface area contributed by atoms with Gasteiger partial charge in [-0.2, -0.15) is 0 Å². The molecule has 0 atom stereocenters. The van der Waals surface area contributed by atoms with E-state index in [9.17, 15) is 9.90 Å². The third-order valence-corrected chi connectivity index (χ3v) is 3.70. The number of pyridine rings is 1. The third kappa shape index (κ3) is 3.87. The minimum Gasteiger partial charge on any atom is -0.545 e. The summed E-state index contributed by atoms with van der Waals surface area (Å²) in [6.45, 7) is 4.39. The minimum atomic E-state index is -1.20. The molecule has 0 spiro atoms. The molecule has 0 amide bonds. The van der Waals surface area contributed by atoms with Gasteiger partial charge in [0.15, 0.2) is 0 Å². The SMILES string of the molecule is CCOc1cccc(-c2cc(C(=O)[O-])c3cccc(C)c3n2)c1.[K+]. The van der Waals surface area contributed by atoms with E-state index in [1.807, 2.05) is 50.2 Å². The molecule has 116 valence electrons. The van der Waals surface area contributed by atoms with Gasteiger partial charge in [0.1, 0.15) is 5.75 Å². The van der Waals surface area contributed by atoms with Crippen LogP contribution < -0.4 is 61.2 Å². The van der Waals surface area contributed by atoms with Gasteiger partial charge in [0, 0.05) is 16.5 Å². The Labute approximate surface area is 183 Å². The minimum absolute atomic E-state index is 0. The van der Waals surface area contributed by atoms with Crippen molar-refractivity contribution in [3.63, 3.8) is 0 Å². The van der Waals surface area contributed by atoms with Crippen molar-refractivity contribution in [3.8, 4) is 17.0 Å². The van der Waals surface area contributed by atoms with Gasteiger partial charge < -0.3 is 14.6 Å². The molecular formula is C19H16KNO3. The number of rotatable bonds is 4. The maximum Gasteiger partial charge on any atom is 1.00 e. The molecule has 0 saturated carbocycles. The van der Waals surface area contributed by atoms with Crippen molar-refractivity contribution in [2.75, 3.05) is 6.61 Å². The maximum atomic E-state index is 11.5. The van der Waals surface area contributed by atoms with E-state index in [1.165, 1.54) is 0 Å². The van der Waals surface area contributed by atoms with Crippen molar-refractivity contribution in [3.05, 3.63) is 59.7 Å². The molecule has 0 saturated heterocycles. The topological polar surface area (TPSA) is 62.2 Å². The van der Waals surface area contributed by atoms with Gasteiger partial charge in [-0.3, -0.25) is 0 Å². The molecule has 0 aliphatic carbocycles. The standard InChI is InChI=1S/C19H17NO3.K/c1-3-23-14-8-5-7-13(10-14)17-11-16(19(21)22)15-9-4-6-12(2)18(15)20-17;/h4-11H,3H2,1-2H3,(H,21,22);/q;+1/p-1. The second-order valence-corrected chi connectivity index (χ2v) is 5.27. The van der Waals surface area contributed by atoms with Crippen molar-refractivity contribution in [1.82, 2.24) is 4.98 Å². The molecule has 0 fully saturated rings. The number of hydrogen-bond donors (Lipinski definition) is 0. The molecule has 3 aromatic rings. The summed E-state index contributed by atoms with van der Waals surface area (Å²) >= 11 is 0. The normalized spacial score (nSPS) is 10.2. The Kier molecular flexibility index (Phi) is 6.54. The molecule has 1 aromatic heterocycles. The van der Waals surface area contributed by atoms with Crippen LogP contribution in [0.1, 0.15) is 22.8 Å². The van der Waals surface area contributed by atoms with Crippen LogP contribution in [-0.4, -0.2) is 17.6 Å². The van der Waals surface area contributed by atoms with Crippen molar-refractivity contribution >= 4 is 16.9 Å². The number of hydrogen-bond acceptors (Lipinski definition) is 4. The first-order valence-electron chi connectivity index (χ1n) is 7.45.